The second kappa shape index (κ2) is 8.82. The zero-order valence-corrected chi connectivity index (χ0v) is 16.5. The van der Waals surface area contributed by atoms with Crippen LogP contribution in [0.1, 0.15) is 11.1 Å². The zero-order chi connectivity index (χ0) is 18.5. The lowest BCUT2D eigenvalue weighted by molar-refractivity contribution is 0.188. The third kappa shape index (κ3) is 4.54. The van der Waals surface area contributed by atoms with E-state index in [1.165, 1.54) is 11.3 Å². The summed E-state index contributed by atoms with van der Waals surface area (Å²) in [5, 5.41) is 13.1. The third-order valence-electron chi connectivity index (χ3n) is 4.78. The SMILES string of the molecule is Cc1c(C(=S)Nc2ccc(Cl)cc2)cccc1N1CCN(CCO)CC1. The van der Waals surface area contributed by atoms with Gasteiger partial charge in [0.15, 0.2) is 0 Å². The van der Waals surface area contributed by atoms with Gasteiger partial charge in [-0.15, -0.1) is 0 Å². The Morgan fingerprint density at radius 2 is 1.81 bits per heavy atom. The molecule has 0 aromatic heterocycles. The Bertz CT molecular complexity index is 758. The molecule has 1 aliphatic heterocycles. The van der Waals surface area contributed by atoms with Crippen LogP contribution in [-0.2, 0) is 0 Å². The van der Waals surface area contributed by atoms with Crippen LogP contribution in [0.4, 0.5) is 11.4 Å². The molecule has 0 spiro atoms. The number of nitrogens with one attached hydrogen (secondary N) is 1. The van der Waals surface area contributed by atoms with E-state index in [9.17, 15) is 0 Å². The van der Waals surface area contributed by atoms with E-state index in [0.717, 1.165) is 44.0 Å². The Labute approximate surface area is 165 Å². The smallest absolute Gasteiger partial charge is 0.111 e. The normalized spacial score (nSPS) is 15.1. The predicted octanol–water partition coefficient (Wildman–Crippen LogP) is 3.55. The highest BCUT2D eigenvalue weighted by atomic mass is 35.5. The van der Waals surface area contributed by atoms with Gasteiger partial charge in [-0.1, -0.05) is 36.0 Å². The minimum Gasteiger partial charge on any atom is -0.395 e. The molecule has 6 heteroatoms. The Kier molecular flexibility index (Phi) is 6.48. The Balaban J connectivity index is 1.72. The molecule has 26 heavy (non-hydrogen) atoms. The van der Waals surface area contributed by atoms with Crippen LogP contribution in [0, 0.1) is 6.92 Å². The Morgan fingerprint density at radius 1 is 1.12 bits per heavy atom. The minimum atomic E-state index is 0.221. The standard InChI is InChI=1S/C20H24ClN3OS/c1-15-18(20(26)22-17-7-5-16(21)6-8-17)3-2-4-19(15)24-11-9-23(10-12-24)13-14-25/h2-8,25H,9-14H2,1H3,(H,22,26). The first-order valence-electron chi connectivity index (χ1n) is 8.83. The van der Waals surface area contributed by atoms with Crippen LogP contribution >= 0.6 is 23.8 Å². The lowest BCUT2D eigenvalue weighted by Crippen LogP contribution is -2.47. The first-order chi connectivity index (χ1) is 12.6. The van der Waals surface area contributed by atoms with E-state index in [-0.39, 0.29) is 6.61 Å². The highest BCUT2D eigenvalue weighted by Gasteiger charge is 2.19. The quantitative estimate of drug-likeness (QED) is 0.765. The van der Waals surface area contributed by atoms with Crippen molar-refractivity contribution < 1.29 is 5.11 Å². The molecular formula is C20H24ClN3OS. The molecule has 1 heterocycles. The lowest BCUT2D eigenvalue weighted by Gasteiger charge is -2.36. The van der Waals surface area contributed by atoms with Crippen LogP contribution in [0.25, 0.3) is 0 Å². The lowest BCUT2D eigenvalue weighted by atomic mass is 10.0. The van der Waals surface area contributed by atoms with Crippen molar-refractivity contribution in [2.24, 2.45) is 0 Å². The number of anilines is 2. The maximum atomic E-state index is 9.10. The number of benzene rings is 2. The number of β-amino-alcohol motifs (C(OH)–C–C–N with tert-alkyl or cyclic N) is 1. The van der Waals surface area contributed by atoms with Gasteiger partial charge in [-0.3, -0.25) is 4.90 Å². The number of aliphatic hydroxyl groups is 1. The summed E-state index contributed by atoms with van der Waals surface area (Å²) in [6.07, 6.45) is 0. The van der Waals surface area contributed by atoms with Crippen LogP contribution in [-0.4, -0.2) is 54.3 Å². The van der Waals surface area contributed by atoms with Gasteiger partial charge in [-0.05, 0) is 42.8 Å². The van der Waals surface area contributed by atoms with Gasteiger partial charge in [0, 0.05) is 54.7 Å². The number of piperazine rings is 1. The first kappa shape index (κ1) is 19.1. The average Bonchev–Trinajstić information content (AvgIpc) is 2.65. The van der Waals surface area contributed by atoms with Gasteiger partial charge in [-0.25, -0.2) is 0 Å². The van der Waals surface area contributed by atoms with Gasteiger partial charge >= 0.3 is 0 Å². The molecule has 0 unspecified atom stereocenters. The van der Waals surface area contributed by atoms with E-state index in [2.05, 4.69) is 40.2 Å². The highest BCUT2D eigenvalue weighted by molar-refractivity contribution is 7.81. The summed E-state index contributed by atoms with van der Waals surface area (Å²) in [6, 6.07) is 13.8. The predicted molar refractivity (Wildman–Crippen MR) is 114 cm³/mol. The van der Waals surface area contributed by atoms with Gasteiger partial charge in [0.2, 0.25) is 0 Å². The van der Waals surface area contributed by atoms with Crippen LogP contribution < -0.4 is 10.2 Å². The minimum absolute atomic E-state index is 0.221. The number of thiocarbonyl (C=S) groups is 1. The molecule has 1 fully saturated rings. The second-order valence-electron chi connectivity index (χ2n) is 6.46. The van der Waals surface area contributed by atoms with Crippen molar-refractivity contribution in [3.05, 3.63) is 58.6 Å². The largest absolute Gasteiger partial charge is 0.395 e. The molecule has 2 aromatic carbocycles. The van der Waals surface area contributed by atoms with Gasteiger partial charge < -0.3 is 15.3 Å². The van der Waals surface area contributed by atoms with E-state index >= 15 is 0 Å². The zero-order valence-electron chi connectivity index (χ0n) is 14.9. The number of halogens is 1. The van der Waals surface area contributed by atoms with Crippen LogP contribution in [0.2, 0.25) is 5.02 Å². The van der Waals surface area contributed by atoms with Crippen molar-refractivity contribution in [1.29, 1.82) is 0 Å². The van der Waals surface area contributed by atoms with E-state index in [4.69, 9.17) is 28.9 Å². The third-order valence-corrected chi connectivity index (χ3v) is 5.36. The van der Waals surface area contributed by atoms with Crippen LogP contribution in [0.3, 0.4) is 0 Å². The fourth-order valence-electron chi connectivity index (χ4n) is 3.30. The molecule has 1 aliphatic rings. The summed E-state index contributed by atoms with van der Waals surface area (Å²) in [6.45, 7) is 6.96. The number of rotatable bonds is 5. The summed E-state index contributed by atoms with van der Waals surface area (Å²) >= 11 is 11.6. The topological polar surface area (TPSA) is 38.7 Å². The first-order valence-corrected chi connectivity index (χ1v) is 9.62. The maximum Gasteiger partial charge on any atom is 0.111 e. The van der Waals surface area contributed by atoms with Crippen molar-refractivity contribution in [3.8, 4) is 0 Å². The fraction of sp³-hybridized carbons (Fsp3) is 0.350. The molecule has 0 aliphatic carbocycles. The molecule has 0 radical (unpaired) electrons. The number of aliphatic hydroxyl groups excluding tert-OH is 1. The van der Waals surface area contributed by atoms with Gasteiger partial charge in [0.1, 0.15) is 4.99 Å². The van der Waals surface area contributed by atoms with Gasteiger partial charge in [0.05, 0.1) is 6.61 Å². The summed E-state index contributed by atoms with van der Waals surface area (Å²) in [7, 11) is 0. The van der Waals surface area contributed by atoms with Gasteiger partial charge in [0.25, 0.3) is 0 Å². The summed E-state index contributed by atoms with van der Waals surface area (Å²) in [5.74, 6) is 0. The van der Waals surface area contributed by atoms with E-state index < -0.39 is 0 Å². The summed E-state index contributed by atoms with van der Waals surface area (Å²) < 4.78 is 0. The molecule has 0 saturated carbocycles. The van der Waals surface area contributed by atoms with Crippen LogP contribution in [0.5, 0.6) is 0 Å². The van der Waals surface area contributed by atoms with Crippen molar-refractivity contribution in [1.82, 2.24) is 4.90 Å². The monoisotopic (exact) mass is 389 g/mol. The Hall–Kier alpha value is -1.66. The number of nitrogens with zero attached hydrogens (tertiary/aromatic N) is 2. The molecule has 0 atom stereocenters. The average molecular weight is 390 g/mol. The van der Waals surface area contributed by atoms with E-state index in [1.54, 1.807) is 0 Å². The Morgan fingerprint density at radius 3 is 2.46 bits per heavy atom. The molecule has 138 valence electrons. The molecule has 0 amide bonds. The van der Waals surface area contributed by atoms with Crippen LogP contribution in [0.15, 0.2) is 42.5 Å². The number of hydrogen-bond donors (Lipinski definition) is 2. The van der Waals surface area contributed by atoms with Crippen molar-refractivity contribution in [3.63, 3.8) is 0 Å². The maximum absolute atomic E-state index is 9.10. The highest BCUT2D eigenvalue weighted by Crippen LogP contribution is 2.25. The molecule has 3 rings (SSSR count). The second-order valence-corrected chi connectivity index (χ2v) is 7.31. The molecule has 1 saturated heterocycles. The van der Waals surface area contributed by atoms with E-state index in [1.807, 2.05) is 24.3 Å². The van der Waals surface area contributed by atoms with Gasteiger partial charge in [-0.2, -0.15) is 0 Å². The van der Waals surface area contributed by atoms with E-state index in [0.29, 0.717) is 10.0 Å². The molecular weight excluding hydrogens is 366 g/mol. The molecule has 4 nitrogen and oxygen atoms in total. The van der Waals surface area contributed by atoms with Crippen molar-refractivity contribution in [2.45, 2.75) is 6.92 Å². The molecule has 2 N–H and O–H groups in total. The molecule has 2 aromatic rings. The number of hydrogen-bond acceptors (Lipinski definition) is 4. The molecule has 0 bridgehead atoms. The fourth-order valence-corrected chi connectivity index (χ4v) is 3.76. The summed E-state index contributed by atoms with van der Waals surface area (Å²) in [4.78, 5) is 5.41. The summed E-state index contributed by atoms with van der Waals surface area (Å²) in [5.41, 5.74) is 4.40. The van der Waals surface area contributed by atoms with Crippen molar-refractivity contribution >= 4 is 40.2 Å². The van der Waals surface area contributed by atoms with Crippen molar-refractivity contribution in [2.75, 3.05) is 49.5 Å².